The molecule has 0 saturated heterocycles. The zero-order valence-electron chi connectivity index (χ0n) is 13.3. The second-order valence-corrected chi connectivity index (χ2v) is 6.85. The first-order valence-electron chi connectivity index (χ1n) is 7.54. The van der Waals surface area contributed by atoms with E-state index in [-0.39, 0.29) is 17.0 Å². The Labute approximate surface area is 155 Å². The van der Waals surface area contributed by atoms with Gasteiger partial charge in [-0.2, -0.15) is 0 Å². The first-order valence-corrected chi connectivity index (χ1v) is 8.33. The van der Waals surface area contributed by atoms with Crippen LogP contribution in [0.2, 0.25) is 0 Å². The summed E-state index contributed by atoms with van der Waals surface area (Å²) in [5, 5.41) is 8.60. The largest absolute Gasteiger partial charge is 0.310 e. The maximum atomic E-state index is 8.60. The molecule has 0 amide bonds. The van der Waals surface area contributed by atoms with Crippen molar-refractivity contribution in [3.05, 3.63) is 64.2 Å². The highest BCUT2D eigenvalue weighted by molar-refractivity contribution is 9.10. The van der Waals surface area contributed by atoms with Gasteiger partial charge in [0.25, 0.3) is 0 Å². The number of aromatic nitrogens is 2. The Morgan fingerprint density at radius 3 is 2.13 bits per heavy atom. The molecule has 0 saturated carbocycles. The van der Waals surface area contributed by atoms with E-state index in [1.165, 1.54) is 5.56 Å². The van der Waals surface area contributed by atoms with E-state index in [1.54, 1.807) is 0 Å². The van der Waals surface area contributed by atoms with Crippen LogP contribution in [0.15, 0.2) is 53.0 Å². The predicted molar refractivity (Wildman–Crippen MR) is 104 cm³/mol. The Balaban J connectivity index is 0.00000192. The quantitative estimate of drug-likeness (QED) is 0.596. The number of halogens is 2. The maximum absolute atomic E-state index is 8.60. The number of nitrogens with zero attached hydrogens (tertiary/aromatic N) is 2. The molecule has 0 fully saturated rings. The van der Waals surface area contributed by atoms with Gasteiger partial charge in [-0.3, -0.25) is 5.41 Å². The van der Waals surface area contributed by atoms with Gasteiger partial charge in [-0.15, -0.1) is 17.0 Å². The van der Waals surface area contributed by atoms with Gasteiger partial charge in [-0.05, 0) is 29.7 Å². The highest BCUT2D eigenvalue weighted by Crippen LogP contribution is 2.20. The van der Waals surface area contributed by atoms with Crippen LogP contribution in [0.25, 0.3) is 11.0 Å². The molecule has 3 rings (SSSR count). The Kier molecular flexibility index (Phi) is 5.87. The number of hydrogen-bond acceptors (Lipinski definition) is 1. The third-order valence-corrected chi connectivity index (χ3v) is 4.58. The summed E-state index contributed by atoms with van der Waals surface area (Å²) in [6.07, 6.45) is 0. The fraction of sp³-hybridized carbons (Fsp3) is 0.278. The van der Waals surface area contributed by atoms with Crippen molar-refractivity contribution in [2.75, 3.05) is 0 Å². The van der Waals surface area contributed by atoms with Gasteiger partial charge in [0.2, 0.25) is 5.62 Å². The Morgan fingerprint density at radius 2 is 1.52 bits per heavy atom. The van der Waals surface area contributed by atoms with Crippen LogP contribution >= 0.6 is 32.9 Å². The molecule has 23 heavy (non-hydrogen) atoms. The number of para-hydroxylation sites is 2. The van der Waals surface area contributed by atoms with E-state index in [2.05, 4.69) is 57.1 Å². The summed E-state index contributed by atoms with van der Waals surface area (Å²) in [6, 6.07) is 16.5. The molecule has 0 radical (unpaired) electrons. The summed E-state index contributed by atoms with van der Waals surface area (Å²) in [7, 11) is 0. The molecular weight excluding hydrogens is 418 g/mol. The highest BCUT2D eigenvalue weighted by atomic mass is 79.9. The molecule has 0 unspecified atom stereocenters. The van der Waals surface area contributed by atoms with E-state index in [0.717, 1.165) is 22.1 Å². The van der Waals surface area contributed by atoms with Gasteiger partial charge in [0, 0.05) is 11.0 Å². The number of rotatable bonds is 4. The van der Waals surface area contributed by atoms with Gasteiger partial charge in [0.1, 0.15) is 0 Å². The molecule has 0 aliphatic carbocycles. The standard InChI is InChI=1S/C18H20BrN3.BrH/c1-13(2)11-21-16-9-5-6-10-17(16)22(18(21)20)12-14-7-3-4-8-15(14)19;/h3-10,13,20H,11-12H2,1-2H3;1H. The number of hydrogen-bond donors (Lipinski definition) is 1. The summed E-state index contributed by atoms with van der Waals surface area (Å²) < 4.78 is 5.27. The predicted octanol–water partition coefficient (Wildman–Crippen LogP) is 4.97. The molecule has 3 aromatic rings. The molecule has 3 nitrogen and oxygen atoms in total. The van der Waals surface area contributed by atoms with Crippen molar-refractivity contribution >= 4 is 43.9 Å². The lowest BCUT2D eigenvalue weighted by Crippen LogP contribution is -2.26. The lowest BCUT2D eigenvalue weighted by Gasteiger charge is -2.08. The van der Waals surface area contributed by atoms with Gasteiger partial charge in [0.05, 0.1) is 17.6 Å². The summed E-state index contributed by atoms with van der Waals surface area (Å²) >= 11 is 3.61. The molecule has 1 N–H and O–H groups in total. The Hall–Kier alpha value is -1.33. The molecule has 0 atom stereocenters. The number of benzene rings is 2. The van der Waals surface area contributed by atoms with Gasteiger partial charge in [0.15, 0.2) is 0 Å². The van der Waals surface area contributed by atoms with E-state index in [9.17, 15) is 0 Å². The molecule has 122 valence electrons. The van der Waals surface area contributed by atoms with Crippen LogP contribution in [-0.2, 0) is 13.1 Å². The third kappa shape index (κ3) is 3.61. The minimum absolute atomic E-state index is 0. The van der Waals surface area contributed by atoms with Gasteiger partial charge in [-0.1, -0.05) is 60.1 Å². The first-order chi connectivity index (χ1) is 10.6. The molecule has 2 aromatic carbocycles. The van der Waals surface area contributed by atoms with Crippen molar-refractivity contribution < 1.29 is 0 Å². The van der Waals surface area contributed by atoms with Crippen molar-refractivity contribution in [1.29, 1.82) is 5.41 Å². The zero-order chi connectivity index (χ0) is 15.7. The van der Waals surface area contributed by atoms with Crippen LogP contribution in [0, 0.1) is 11.3 Å². The molecule has 1 heterocycles. The number of fused-ring (bicyclic) bond motifs is 1. The molecule has 0 aliphatic heterocycles. The minimum atomic E-state index is 0. The van der Waals surface area contributed by atoms with Crippen molar-refractivity contribution in [2.45, 2.75) is 26.9 Å². The lowest BCUT2D eigenvalue weighted by molar-refractivity contribution is 0.503. The van der Waals surface area contributed by atoms with Gasteiger partial charge in [-0.25, -0.2) is 0 Å². The summed E-state index contributed by atoms with van der Waals surface area (Å²) in [4.78, 5) is 0. The second-order valence-electron chi connectivity index (χ2n) is 5.99. The Bertz CT molecular complexity index is 862. The van der Waals surface area contributed by atoms with E-state index < -0.39 is 0 Å². The summed E-state index contributed by atoms with van der Waals surface area (Å²) in [6.45, 7) is 5.94. The summed E-state index contributed by atoms with van der Waals surface area (Å²) in [5.41, 5.74) is 4.00. The van der Waals surface area contributed by atoms with Crippen molar-refractivity contribution in [1.82, 2.24) is 9.13 Å². The molecule has 0 spiro atoms. The van der Waals surface area contributed by atoms with Crippen LogP contribution < -0.4 is 5.62 Å². The van der Waals surface area contributed by atoms with Crippen molar-refractivity contribution in [3.8, 4) is 0 Å². The molecule has 0 aliphatic rings. The summed E-state index contributed by atoms with van der Waals surface area (Å²) in [5.74, 6) is 0.511. The second kappa shape index (κ2) is 7.49. The normalized spacial score (nSPS) is 11.0. The van der Waals surface area contributed by atoms with E-state index >= 15 is 0 Å². The van der Waals surface area contributed by atoms with E-state index in [4.69, 9.17) is 5.41 Å². The fourth-order valence-electron chi connectivity index (χ4n) is 2.80. The fourth-order valence-corrected chi connectivity index (χ4v) is 3.21. The number of imidazole rings is 1. The average molecular weight is 439 g/mol. The zero-order valence-corrected chi connectivity index (χ0v) is 16.6. The van der Waals surface area contributed by atoms with Crippen molar-refractivity contribution in [3.63, 3.8) is 0 Å². The SMILES string of the molecule is Br.CC(C)Cn1c(=N)n(Cc2ccccc2Br)c2ccccc21. The topological polar surface area (TPSA) is 33.7 Å². The minimum Gasteiger partial charge on any atom is -0.310 e. The van der Waals surface area contributed by atoms with E-state index in [0.29, 0.717) is 18.1 Å². The van der Waals surface area contributed by atoms with Crippen LogP contribution in [0.5, 0.6) is 0 Å². The monoisotopic (exact) mass is 437 g/mol. The first kappa shape index (κ1) is 18.0. The van der Waals surface area contributed by atoms with Gasteiger partial charge < -0.3 is 9.13 Å². The smallest absolute Gasteiger partial charge is 0.203 e. The van der Waals surface area contributed by atoms with Crippen molar-refractivity contribution in [2.24, 2.45) is 5.92 Å². The van der Waals surface area contributed by atoms with Crippen LogP contribution in [0.4, 0.5) is 0 Å². The Morgan fingerprint density at radius 1 is 0.957 bits per heavy atom. The highest BCUT2D eigenvalue weighted by Gasteiger charge is 2.12. The molecule has 5 heteroatoms. The van der Waals surface area contributed by atoms with Crippen LogP contribution in [0.3, 0.4) is 0 Å². The number of nitrogens with one attached hydrogen (secondary N) is 1. The van der Waals surface area contributed by atoms with Gasteiger partial charge >= 0.3 is 0 Å². The van der Waals surface area contributed by atoms with Crippen LogP contribution in [0.1, 0.15) is 19.4 Å². The third-order valence-electron chi connectivity index (χ3n) is 3.81. The van der Waals surface area contributed by atoms with Crippen LogP contribution in [-0.4, -0.2) is 9.13 Å². The van der Waals surface area contributed by atoms with E-state index in [1.807, 2.05) is 30.3 Å². The molecule has 0 bridgehead atoms. The lowest BCUT2D eigenvalue weighted by atomic mass is 10.2. The average Bonchev–Trinajstić information content (AvgIpc) is 2.75. The molecule has 1 aromatic heterocycles. The maximum Gasteiger partial charge on any atom is 0.203 e. The molecular formula is C18H21Br2N3.